The van der Waals surface area contributed by atoms with E-state index in [0.717, 1.165) is 31.0 Å². The van der Waals surface area contributed by atoms with Gasteiger partial charge in [-0.3, -0.25) is 0 Å². The van der Waals surface area contributed by atoms with E-state index in [4.69, 9.17) is 19.5 Å². The number of nitriles is 1. The standard InChI is InChI=1S/C34H25F8NO4/c1-2-3-8-44-22-16-45-33(46-17-22)18-4-6-23(26(35)9-18)20-12-30(39)32(31(40)13-20)34(41,42)47-21-5-7-24(29(38)14-21)19-10-27(36)25(15-43)28(37)11-19/h4-7,9-14,22,33H,2-3,8,16-17H2,1H3. The first kappa shape index (κ1) is 33.8. The van der Waals surface area contributed by atoms with Crippen molar-refractivity contribution in [1.82, 2.24) is 0 Å². The molecule has 246 valence electrons. The Bertz CT molecular complexity index is 1770. The predicted octanol–water partition coefficient (Wildman–Crippen LogP) is 9.09. The molecule has 1 aliphatic rings. The first-order valence-corrected chi connectivity index (χ1v) is 14.3. The maximum atomic E-state index is 15.1. The number of alkyl halides is 2. The van der Waals surface area contributed by atoms with E-state index in [-0.39, 0.29) is 36.0 Å². The molecule has 1 fully saturated rings. The summed E-state index contributed by atoms with van der Waals surface area (Å²) in [6.07, 6.45) is -4.03. The van der Waals surface area contributed by atoms with Crippen LogP contribution in [0.2, 0.25) is 0 Å². The molecule has 0 aliphatic carbocycles. The Labute approximate surface area is 263 Å². The Morgan fingerprint density at radius 3 is 1.85 bits per heavy atom. The highest BCUT2D eigenvalue weighted by atomic mass is 19.3. The third-order valence-electron chi connectivity index (χ3n) is 7.28. The second-order valence-electron chi connectivity index (χ2n) is 10.6. The van der Waals surface area contributed by atoms with Gasteiger partial charge in [-0.25, -0.2) is 26.3 Å². The summed E-state index contributed by atoms with van der Waals surface area (Å²) in [4.78, 5) is 0. The van der Waals surface area contributed by atoms with Gasteiger partial charge in [-0.05, 0) is 60.0 Å². The van der Waals surface area contributed by atoms with Gasteiger partial charge in [0.1, 0.15) is 64.0 Å². The summed E-state index contributed by atoms with van der Waals surface area (Å²) in [7, 11) is 0. The summed E-state index contributed by atoms with van der Waals surface area (Å²) in [6, 6.07) is 9.37. The van der Waals surface area contributed by atoms with E-state index in [9.17, 15) is 13.2 Å². The Balaban J connectivity index is 1.32. The minimum atomic E-state index is -4.68. The van der Waals surface area contributed by atoms with Crippen molar-refractivity contribution in [2.24, 2.45) is 0 Å². The molecule has 0 amide bonds. The quantitative estimate of drug-likeness (QED) is 0.125. The third kappa shape index (κ3) is 7.40. The maximum Gasteiger partial charge on any atom is 0.432 e. The molecule has 0 aromatic heterocycles. The Kier molecular flexibility index (Phi) is 10.1. The Morgan fingerprint density at radius 2 is 1.32 bits per heavy atom. The lowest BCUT2D eigenvalue weighted by molar-refractivity contribution is -0.230. The van der Waals surface area contributed by atoms with Crippen LogP contribution in [0.5, 0.6) is 5.75 Å². The van der Waals surface area contributed by atoms with Crippen LogP contribution < -0.4 is 4.74 Å². The van der Waals surface area contributed by atoms with Gasteiger partial charge in [0.2, 0.25) is 0 Å². The SMILES string of the molecule is CCCCOC1COC(c2ccc(-c3cc(F)c(C(F)(F)Oc4ccc(-c5cc(F)c(C#N)c(F)c5)c(F)c4)c(F)c3)c(F)c2)OC1. The molecule has 0 spiro atoms. The zero-order chi connectivity index (χ0) is 33.9. The number of halogens is 8. The van der Waals surface area contributed by atoms with Crippen molar-refractivity contribution >= 4 is 0 Å². The van der Waals surface area contributed by atoms with Gasteiger partial charge in [0, 0.05) is 29.4 Å². The highest BCUT2D eigenvalue weighted by molar-refractivity contribution is 5.67. The molecule has 5 rings (SSSR count). The van der Waals surface area contributed by atoms with Gasteiger partial charge in [0.05, 0.1) is 13.2 Å². The molecule has 4 aromatic carbocycles. The van der Waals surface area contributed by atoms with Crippen molar-refractivity contribution in [2.45, 2.75) is 38.3 Å². The van der Waals surface area contributed by atoms with Crippen LogP contribution in [0.1, 0.15) is 42.7 Å². The van der Waals surface area contributed by atoms with Crippen LogP contribution in [0.3, 0.4) is 0 Å². The second-order valence-corrected chi connectivity index (χ2v) is 10.6. The summed E-state index contributed by atoms with van der Waals surface area (Å²) in [5.74, 6) is -9.16. The van der Waals surface area contributed by atoms with E-state index in [1.807, 2.05) is 6.92 Å². The number of rotatable bonds is 10. The molecule has 13 heteroatoms. The van der Waals surface area contributed by atoms with E-state index in [2.05, 4.69) is 4.74 Å². The summed E-state index contributed by atoms with van der Waals surface area (Å²) < 4.78 is 139. The average molecular weight is 664 g/mol. The van der Waals surface area contributed by atoms with Crippen molar-refractivity contribution in [3.63, 3.8) is 0 Å². The highest BCUT2D eigenvalue weighted by Gasteiger charge is 2.41. The molecule has 5 nitrogen and oxygen atoms in total. The maximum absolute atomic E-state index is 15.1. The number of hydrogen-bond donors (Lipinski definition) is 0. The van der Waals surface area contributed by atoms with Gasteiger partial charge in [0.15, 0.2) is 6.29 Å². The zero-order valence-electron chi connectivity index (χ0n) is 24.6. The molecule has 0 unspecified atom stereocenters. The van der Waals surface area contributed by atoms with Gasteiger partial charge in [0.25, 0.3) is 0 Å². The van der Waals surface area contributed by atoms with E-state index in [0.29, 0.717) is 36.9 Å². The fourth-order valence-corrected chi connectivity index (χ4v) is 4.92. The minimum absolute atomic E-state index is 0.208. The lowest BCUT2D eigenvalue weighted by Gasteiger charge is -2.29. The fourth-order valence-electron chi connectivity index (χ4n) is 4.92. The summed E-state index contributed by atoms with van der Waals surface area (Å²) in [5, 5.41) is 8.79. The second kappa shape index (κ2) is 14.1. The molecule has 0 atom stereocenters. The largest absolute Gasteiger partial charge is 0.432 e. The topological polar surface area (TPSA) is 60.7 Å². The first-order chi connectivity index (χ1) is 22.4. The summed E-state index contributed by atoms with van der Waals surface area (Å²) in [6.45, 7) is 2.99. The van der Waals surface area contributed by atoms with E-state index in [1.165, 1.54) is 18.2 Å². The van der Waals surface area contributed by atoms with Gasteiger partial charge in [-0.1, -0.05) is 25.5 Å². The van der Waals surface area contributed by atoms with Gasteiger partial charge >= 0.3 is 6.11 Å². The van der Waals surface area contributed by atoms with Gasteiger partial charge in [-0.2, -0.15) is 14.0 Å². The average Bonchev–Trinajstić information content (AvgIpc) is 3.00. The van der Waals surface area contributed by atoms with Crippen molar-refractivity contribution in [3.8, 4) is 34.1 Å². The van der Waals surface area contributed by atoms with E-state index >= 15 is 22.0 Å². The number of hydrogen-bond acceptors (Lipinski definition) is 5. The normalized spacial score (nSPS) is 16.6. The molecule has 0 saturated carbocycles. The Hall–Kier alpha value is -4.51. The van der Waals surface area contributed by atoms with Crippen LogP contribution in [0.15, 0.2) is 60.7 Å². The molecule has 4 aromatic rings. The van der Waals surface area contributed by atoms with Crippen molar-refractivity contribution in [2.75, 3.05) is 19.8 Å². The van der Waals surface area contributed by atoms with Crippen LogP contribution >= 0.6 is 0 Å². The number of nitrogens with zero attached hydrogens (tertiary/aromatic N) is 1. The smallest absolute Gasteiger partial charge is 0.429 e. The number of benzene rings is 4. The van der Waals surface area contributed by atoms with Crippen LogP contribution in [0, 0.1) is 46.2 Å². The van der Waals surface area contributed by atoms with E-state index in [1.54, 1.807) is 0 Å². The van der Waals surface area contributed by atoms with Gasteiger partial charge < -0.3 is 18.9 Å². The predicted molar refractivity (Wildman–Crippen MR) is 152 cm³/mol. The lowest BCUT2D eigenvalue weighted by Crippen LogP contribution is -2.33. The fraction of sp³-hybridized carbons (Fsp3) is 0.265. The molecule has 0 radical (unpaired) electrons. The van der Waals surface area contributed by atoms with Crippen LogP contribution in [0.4, 0.5) is 35.1 Å². The molecular weight excluding hydrogens is 638 g/mol. The molecule has 47 heavy (non-hydrogen) atoms. The van der Waals surface area contributed by atoms with Crippen LogP contribution in [0.25, 0.3) is 22.3 Å². The van der Waals surface area contributed by atoms with Crippen molar-refractivity contribution < 1.29 is 54.1 Å². The Morgan fingerprint density at radius 1 is 0.766 bits per heavy atom. The third-order valence-corrected chi connectivity index (χ3v) is 7.28. The summed E-state index contributed by atoms with van der Waals surface area (Å²) in [5.41, 5.74) is -3.90. The number of ether oxygens (including phenoxy) is 4. The highest BCUT2D eigenvalue weighted by Crippen LogP contribution is 2.39. The molecule has 1 saturated heterocycles. The number of unbranched alkanes of at least 4 members (excludes halogenated alkanes) is 1. The van der Waals surface area contributed by atoms with E-state index < -0.39 is 75.3 Å². The van der Waals surface area contributed by atoms with Gasteiger partial charge in [-0.15, -0.1) is 0 Å². The molecule has 0 N–H and O–H groups in total. The zero-order valence-corrected chi connectivity index (χ0v) is 24.6. The van der Waals surface area contributed by atoms with Crippen LogP contribution in [-0.4, -0.2) is 25.9 Å². The van der Waals surface area contributed by atoms with Crippen molar-refractivity contribution in [3.05, 3.63) is 112 Å². The first-order valence-electron chi connectivity index (χ1n) is 14.3. The molecule has 1 heterocycles. The van der Waals surface area contributed by atoms with Crippen molar-refractivity contribution in [1.29, 1.82) is 5.26 Å². The van der Waals surface area contributed by atoms with Crippen LogP contribution in [-0.2, 0) is 20.3 Å². The molecular formula is C34H25F8NO4. The minimum Gasteiger partial charge on any atom is -0.429 e. The monoisotopic (exact) mass is 663 g/mol. The lowest BCUT2D eigenvalue weighted by atomic mass is 10.00. The molecule has 1 aliphatic heterocycles. The molecule has 0 bridgehead atoms. The summed E-state index contributed by atoms with van der Waals surface area (Å²) >= 11 is 0.